The second-order valence-corrected chi connectivity index (χ2v) is 11.0. The van der Waals surface area contributed by atoms with Crippen molar-refractivity contribution in [3.63, 3.8) is 0 Å². The predicted molar refractivity (Wildman–Crippen MR) is 129 cm³/mol. The van der Waals surface area contributed by atoms with Crippen LogP contribution >= 0.6 is 11.8 Å². The fraction of sp³-hybridized carbons (Fsp3) is 0.615. The summed E-state index contributed by atoms with van der Waals surface area (Å²) in [6.07, 6.45) is 9.96. The van der Waals surface area contributed by atoms with Gasteiger partial charge in [0.15, 0.2) is 0 Å². The number of nitrogens with one attached hydrogen (secondary N) is 1. The Hall–Kier alpha value is -1.75. The third-order valence-corrected chi connectivity index (χ3v) is 9.06. The lowest BCUT2D eigenvalue weighted by Gasteiger charge is -2.44. The first-order valence-corrected chi connectivity index (χ1v) is 12.9. The van der Waals surface area contributed by atoms with Gasteiger partial charge >= 0.3 is 0 Å². The Morgan fingerprint density at radius 2 is 1.90 bits per heavy atom. The van der Waals surface area contributed by atoms with Crippen LogP contribution in [0.5, 0.6) is 0 Å². The number of hydrogen-bond donors (Lipinski definition) is 1. The van der Waals surface area contributed by atoms with Crippen LogP contribution in [0.1, 0.15) is 69.9 Å². The smallest absolute Gasteiger partial charge is 0.261 e. The quantitative estimate of drug-likeness (QED) is 0.658. The van der Waals surface area contributed by atoms with Crippen LogP contribution in [0.3, 0.4) is 0 Å². The van der Waals surface area contributed by atoms with Crippen LogP contribution in [-0.2, 0) is 9.59 Å². The van der Waals surface area contributed by atoms with Gasteiger partial charge in [-0.3, -0.25) is 9.59 Å². The van der Waals surface area contributed by atoms with Crippen molar-refractivity contribution in [2.75, 3.05) is 6.54 Å². The molecule has 0 bridgehead atoms. The van der Waals surface area contributed by atoms with E-state index in [1.807, 2.05) is 23.1 Å². The molecule has 0 aromatic heterocycles. The largest absolute Gasteiger partial charge is 0.352 e. The average Bonchev–Trinajstić information content (AvgIpc) is 2.76. The van der Waals surface area contributed by atoms with E-state index in [-0.39, 0.29) is 30.4 Å². The molecule has 31 heavy (non-hydrogen) atoms. The zero-order chi connectivity index (χ0) is 22.0. The van der Waals surface area contributed by atoms with Gasteiger partial charge in [-0.25, -0.2) is 0 Å². The van der Waals surface area contributed by atoms with E-state index in [1.54, 1.807) is 11.8 Å². The third-order valence-electron chi connectivity index (χ3n) is 7.66. The Morgan fingerprint density at radius 3 is 2.71 bits per heavy atom. The minimum absolute atomic E-state index is 0.00534. The van der Waals surface area contributed by atoms with E-state index < -0.39 is 0 Å². The van der Waals surface area contributed by atoms with Crippen molar-refractivity contribution in [2.45, 2.75) is 83.1 Å². The standard InChI is InChI=1S/C26H36N2O2S/c1-17-10-8-12-21(19(17)3)27-25(29)16-28-22-13-6-7-14-23(22)31-24(26(28)30)15-20-11-5-4-9-18(20)2/h4-5,9,11,15,17,19,21-23H,6-8,10,12-14,16H2,1-3H3,(H,27,29)/b24-15-. The number of benzene rings is 1. The van der Waals surface area contributed by atoms with Crippen molar-refractivity contribution >= 4 is 29.7 Å². The summed E-state index contributed by atoms with van der Waals surface area (Å²) in [5, 5.41) is 3.67. The minimum atomic E-state index is 0.00534. The molecule has 0 radical (unpaired) electrons. The van der Waals surface area contributed by atoms with Crippen molar-refractivity contribution in [1.29, 1.82) is 0 Å². The molecule has 3 fully saturated rings. The maximum absolute atomic E-state index is 13.5. The van der Waals surface area contributed by atoms with E-state index in [0.29, 0.717) is 17.1 Å². The van der Waals surface area contributed by atoms with Crippen LogP contribution in [0.25, 0.3) is 6.08 Å². The van der Waals surface area contributed by atoms with Crippen LogP contribution in [0.2, 0.25) is 0 Å². The molecular formula is C26H36N2O2S. The molecule has 1 heterocycles. The van der Waals surface area contributed by atoms with Crippen LogP contribution < -0.4 is 5.32 Å². The highest BCUT2D eigenvalue weighted by molar-refractivity contribution is 8.04. The molecule has 1 N–H and O–H groups in total. The van der Waals surface area contributed by atoms with Crippen molar-refractivity contribution in [1.82, 2.24) is 10.2 Å². The number of carbonyl (C=O) groups is 2. The topological polar surface area (TPSA) is 49.4 Å². The SMILES string of the molecule is Cc1ccccc1/C=C1\SC2CCCCC2N(CC(=O)NC2CCCC(C)C2C)C1=O. The van der Waals surface area contributed by atoms with Crippen LogP contribution in [0.15, 0.2) is 29.2 Å². The van der Waals surface area contributed by atoms with E-state index in [0.717, 1.165) is 36.2 Å². The normalized spacial score (nSPS) is 32.6. The number of thioether (sulfide) groups is 1. The van der Waals surface area contributed by atoms with Gasteiger partial charge in [0.2, 0.25) is 5.91 Å². The molecule has 1 aromatic rings. The fourth-order valence-corrected chi connectivity index (χ4v) is 6.91. The third kappa shape index (κ3) is 5.02. The summed E-state index contributed by atoms with van der Waals surface area (Å²) >= 11 is 1.73. The molecule has 3 aliphatic rings. The zero-order valence-corrected chi connectivity index (χ0v) is 19.9. The molecule has 5 atom stereocenters. The first-order valence-electron chi connectivity index (χ1n) is 12.0. The molecule has 1 aliphatic heterocycles. The Labute approximate surface area is 191 Å². The summed E-state index contributed by atoms with van der Waals surface area (Å²) in [5.41, 5.74) is 2.25. The minimum Gasteiger partial charge on any atom is -0.352 e. The highest BCUT2D eigenvalue weighted by atomic mass is 32.2. The Balaban J connectivity index is 1.52. The molecule has 1 saturated heterocycles. The second-order valence-electron chi connectivity index (χ2n) is 9.75. The molecule has 4 nitrogen and oxygen atoms in total. The highest BCUT2D eigenvalue weighted by Crippen LogP contribution is 2.42. The summed E-state index contributed by atoms with van der Waals surface area (Å²) in [6.45, 7) is 6.79. The first kappa shape index (κ1) is 22.4. The van der Waals surface area contributed by atoms with Crippen molar-refractivity contribution in [2.24, 2.45) is 11.8 Å². The van der Waals surface area contributed by atoms with Crippen molar-refractivity contribution in [3.8, 4) is 0 Å². The lowest BCUT2D eigenvalue weighted by molar-refractivity contribution is -0.136. The number of rotatable bonds is 4. The van der Waals surface area contributed by atoms with E-state index in [4.69, 9.17) is 0 Å². The number of hydrogen-bond acceptors (Lipinski definition) is 3. The highest BCUT2D eigenvalue weighted by Gasteiger charge is 2.41. The van der Waals surface area contributed by atoms with E-state index in [1.165, 1.54) is 24.8 Å². The van der Waals surface area contributed by atoms with Crippen LogP contribution in [0.4, 0.5) is 0 Å². The summed E-state index contributed by atoms with van der Waals surface area (Å²) < 4.78 is 0. The lowest BCUT2D eigenvalue weighted by atomic mass is 9.78. The molecule has 1 aromatic carbocycles. The summed E-state index contributed by atoms with van der Waals surface area (Å²) in [6, 6.07) is 8.58. The average molecular weight is 441 g/mol. The van der Waals surface area contributed by atoms with Gasteiger partial charge in [0.05, 0.1) is 4.91 Å². The van der Waals surface area contributed by atoms with Crippen molar-refractivity contribution in [3.05, 3.63) is 40.3 Å². The maximum atomic E-state index is 13.5. The summed E-state index contributed by atoms with van der Waals surface area (Å²) in [4.78, 5) is 29.2. The monoisotopic (exact) mass is 440 g/mol. The van der Waals surface area contributed by atoms with E-state index in [9.17, 15) is 9.59 Å². The molecule has 4 rings (SSSR count). The van der Waals surface area contributed by atoms with Crippen molar-refractivity contribution < 1.29 is 9.59 Å². The Kier molecular flexibility index (Phi) is 7.10. The number of carbonyl (C=O) groups excluding carboxylic acids is 2. The van der Waals surface area contributed by atoms with E-state index >= 15 is 0 Å². The number of nitrogens with zero attached hydrogens (tertiary/aromatic N) is 1. The molecule has 168 valence electrons. The van der Waals surface area contributed by atoms with Gasteiger partial charge in [-0.05, 0) is 55.2 Å². The summed E-state index contributed by atoms with van der Waals surface area (Å²) in [7, 11) is 0. The molecule has 5 unspecified atom stereocenters. The maximum Gasteiger partial charge on any atom is 0.261 e. The fourth-order valence-electron chi connectivity index (χ4n) is 5.44. The van der Waals surface area contributed by atoms with Gasteiger partial charge in [-0.15, -0.1) is 11.8 Å². The van der Waals surface area contributed by atoms with Crippen LogP contribution in [0, 0.1) is 18.8 Å². The number of aryl methyl sites for hydroxylation is 1. The second kappa shape index (κ2) is 9.81. The Bertz CT molecular complexity index is 852. The van der Waals surface area contributed by atoms with Gasteiger partial charge in [0, 0.05) is 17.3 Å². The molecule has 5 heteroatoms. The predicted octanol–water partition coefficient (Wildman–Crippen LogP) is 5.16. The molecule has 2 amide bonds. The molecular weight excluding hydrogens is 404 g/mol. The molecule has 0 spiro atoms. The van der Waals surface area contributed by atoms with Crippen LogP contribution in [-0.4, -0.2) is 40.6 Å². The Morgan fingerprint density at radius 1 is 1.13 bits per heavy atom. The van der Waals surface area contributed by atoms with Gasteiger partial charge in [0.1, 0.15) is 6.54 Å². The van der Waals surface area contributed by atoms with Gasteiger partial charge < -0.3 is 10.2 Å². The van der Waals surface area contributed by atoms with Gasteiger partial charge in [0.25, 0.3) is 5.91 Å². The summed E-state index contributed by atoms with van der Waals surface area (Å²) in [5.74, 6) is 1.16. The van der Waals surface area contributed by atoms with Gasteiger partial charge in [-0.2, -0.15) is 0 Å². The lowest BCUT2D eigenvalue weighted by Crippen LogP contribution is -2.55. The first-order chi connectivity index (χ1) is 14.9. The number of amides is 2. The molecule has 2 aliphatic carbocycles. The zero-order valence-electron chi connectivity index (χ0n) is 19.1. The van der Waals surface area contributed by atoms with E-state index in [2.05, 4.69) is 38.2 Å². The molecule has 2 saturated carbocycles. The van der Waals surface area contributed by atoms with Gasteiger partial charge in [-0.1, -0.05) is 63.8 Å². The number of fused-ring (bicyclic) bond motifs is 1.